The first-order valence-corrected chi connectivity index (χ1v) is 10.2. The van der Waals surface area contributed by atoms with Crippen LogP contribution in [0.25, 0.3) is 0 Å². The van der Waals surface area contributed by atoms with Gasteiger partial charge in [-0.3, -0.25) is 24.5 Å². The number of halogens is 1. The summed E-state index contributed by atoms with van der Waals surface area (Å²) in [6.45, 7) is 2.45. The minimum absolute atomic E-state index is 0.186. The molecule has 158 valence electrons. The molecule has 3 aliphatic heterocycles. The highest BCUT2D eigenvalue weighted by Gasteiger charge is 2.39. The number of amides is 4. The Morgan fingerprint density at radius 2 is 1.87 bits per heavy atom. The molecule has 0 aromatic heterocycles. The Bertz CT molecular complexity index is 1180. The van der Waals surface area contributed by atoms with Gasteiger partial charge in [-0.05, 0) is 48.2 Å². The summed E-state index contributed by atoms with van der Waals surface area (Å²) in [4.78, 5) is 52.5. The highest BCUT2D eigenvalue weighted by molar-refractivity contribution is 6.06. The average molecular weight is 421 g/mol. The van der Waals surface area contributed by atoms with Gasteiger partial charge in [-0.25, -0.2) is 4.39 Å². The van der Waals surface area contributed by atoms with E-state index in [2.05, 4.69) is 5.32 Å². The minimum Gasteiger partial charge on any atom is -0.330 e. The third-order valence-corrected chi connectivity index (χ3v) is 6.30. The molecular weight excluding hydrogens is 401 g/mol. The maximum atomic E-state index is 14.4. The number of piperidine rings is 1. The van der Waals surface area contributed by atoms with Gasteiger partial charge in [0.05, 0.1) is 0 Å². The number of rotatable bonds is 2. The van der Waals surface area contributed by atoms with Gasteiger partial charge in [0.25, 0.3) is 11.8 Å². The van der Waals surface area contributed by atoms with Crippen LogP contribution in [0.15, 0.2) is 30.3 Å². The second-order valence-corrected chi connectivity index (χ2v) is 8.27. The SMILES string of the molecule is Cc1ccc2c(c1F)CN(C(=O)c1ccc3c(c1)CN(C1CCC(=O)NC1=O)C3=O)C2. The van der Waals surface area contributed by atoms with Crippen LogP contribution in [-0.2, 0) is 29.2 Å². The number of fused-ring (bicyclic) bond motifs is 2. The van der Waals surface area contributed by atoms with Gasteiger partial charge in [-0.1, -0.05) is 12.1 Å². The molecule has 31 heavy (non-hydrogen) atoms. The van der Waals surface area contributed by atoms with Crippen molar-refractivity contribution in [3.8, 4) is 0 Å². The molecule has 4 amide bonds. The Hall–Kier alpha value is -3.55. The highest BCUT2D eigenvalue weighted by Crippen LogP contribution is 2.31. The molecule has 1 saturated heterocycles. The molecule has 8 heteroatoms. The summed E-state index contributed by atoms with van der Waals surface area (Å²) in [6, 6.07) is 7.73. The number of nitrogens with one attached hydrogen (secondary N) is 1. The van der Waals surface area contributed by atoms with Crippen LogP contribution in [0.5, 0.6) is 0 Å². The van der Waals surface area contributed by atoms with E-state index in [0.29, 0.717) is 34.4 Å². The van der Waals surface area contributed by atoms with Crippen LogP contribution >= 0.6 is 0 Å². The molecule has 1 fully saturated rings. The summed E-state index contributed by atoms with van der Waals surface area (Å²) in [5.74, 6) is -1.60. The average Bonchev–Trinajstić information content (AvgIpc) is 3.32. The summed E-state index contributed by atoms with van der Waals surface area (Å²) >= 11 is 0. The molecule has 0 aliphatic carbocycles. The van der Waals surface area contributed by atoms with Crippen molar-refractivity contribution < 1.29 is 23.6 Å². The fourth-order valence-corrected chi connectivity index (χ4v) is 4.58. The van der Waals surface area contributed by atoms with E-state index in [1.54, 1.807) is 36.1 Å². The topological polar surface area (TPSA) is 86.8 Å². The molecule has 2 aromatic rings. The van der Waals surface area contributed by atoms with E-state index in [0.717, 1.165) is 5.56 Å². The van der Waals surface area contributed by atoms with Crippen LogP contribution in [0, 0.1) is 12.7 Å². The molecule has 3 aliphatic rings. The molecule has 3 heterocycles. The van der Waals surface area contributed by atoms with E-state index in [9.17, 15) is 23.6 Å². The first-order chi connectivity index (χ1) is 14.8. The van der Waals surface area contributed by atoms with Crippen molar-refractivity contribution in [3.05, 3.63) is 69.5 Å². The van der Waals surface area contributed by atoms with Gasteiger partial charge < -0.3 is 9.80 Å². The zero-order valence-electron chi connectivity index (χ0n) is 16.9. The number of carbonyl (C=O) groups excluding carboxylic acids is 4. The fraction of sp³-hybridized carbons (Fsp3) is 0.304. The smallest absolute Gasteiger partial charge is 0.255 e. The fourth-order valence-electron chi connectivity index (χ4n) is 4.58. The number of benzene rings is 2. The van der Waals surface area contributed by atoms with Gasteiger partial charge in [0.15, 0.2) is 0 Å². The Morgan fingerprint density at radius 3 is 2.65 bits per heavy atom. The lowest BCUT2D eigenvalue weighted by Crippen LogP contribution is -2.52. The lowest BCUT2D eigenvalue weighted by atomic mass is 10.0. The summed E-state index contributed by atoms with van der Waals surface area (Å²) in [5.41, 5.74) is 3.44. The molecule has 1 N–H and O–H groups in total. The van der Waals surface area contributed by atoms with E-state index in [1.165, 1.54) is 4.90 Å². The first-order valence-electron chi connectivity index (χ1n) is 10.2. The lowest BCUT2D eigenvalue weighted by Gasteiger charge is -2.29. The molecule has 0 spiro atoms. The monoisotopic (exact) mass is 421 g/mol. The standard InChI is InChI=1S/C23H20FN3O4/c1-12-2-3-14-9-26(11-17(14)20(12)24)22(30)13-4-5-16-15(8-13)10-27(23(16)31)18-6-7-19(28)25-21(18)29/h2-5,8,18H,6-7,9-11H2,1H3,(H,25,28,29). The minimum atomic E-state index is -0.698. The van der Waals surface area contributed by atoms with Crippen molar-refractivity contribution in [1.82, 2.24) is 15.1 Å². The van der Waals surface area contributed by atoms with Gasteiger partial charge in [-0.2, -0.15) is 0 Å². The van der Waals surface area contributed by atoms with Gasteiger partial charge in [0, 0.05) is 42.7 Å². The van der Waals surface area contributed by atoms with Crippen LogP contribution in [0.1, 0.15) is 55.8 Å². The van der Waals surface area contributed by atoms with E-state index in [4.69, 9.17) is 0 Å². The van der Waals surface area contributed by atoms with E-state index in [-0.39, 0.29) is 49.5 Å². The first kappa shape index (κ1) is 19.4. The summed E-state index contributed by atoms with van der Waals surface area (Å²) in [7, 11) is 0. The number of hydrogen-bond donors (Lipinski definition) is 1. The summed E-state index contributed by atoms with van der Waals surface area (Å²) < 4.78 is 14.4. The molecule has 1 atom stereocenters. The van der Waals surface area contributed by atoms with Crippen molar-refractivity contribution in [1.29, 1.82) is 0 Å². The van der Waals surface area contributed by atoms with Crippen molar-refractivity contribution in [2.24, 2.45) is 0 Å². The quantitative estimate of drug-likeness (QED) is 0.752. The van der Waals surface area contributed by atoms with Crippen LogP contribution < -0.4 is 5.32 Å². The zero-order chi connectivity index (χ0) is 21.9. The summed E-state index contributed by atoms with van der Waals surface area (Å²) in [6.07, 6.45) is 0.471. The predicted octanol–water partition coefficient (Wildman–Crippen LogP) is 2.05. The molecule has 0 saturated carbocycles. The maximum absolute atomic E-state index is 14.4. The number of carbonyl (C=O) groups is 4. The van der Waals surface area contributed by atoms with E-state index in [1.807, 2.05) is 6.07 Å². The van der Waals surface area contributed by atoms with Crippen molar-refractivity contribution in [2.45, 2.75) is 45.4 Å². The predicted molar refractivity (Wildman–Crippen MR) is 107 cm³/mol. The van der Waals surface area contributed by atoms with Crippen LogP contribution in [0.4, 0.5) is 4.39 Å². The number of imide groups is 1. The van der Waals surface area contributed by atoms with Crippen LogP contribution in [0.2, 0.25) is 0 Å². The van der Waals surface area contributed by atoms with Gasteiger partial charge >= 0.3 is 0 Å². The molecule has 2 aromatic carbocycles. The summed E-state index contributed by atoms with van der Waals surface area (Å²) in [5, 5.41) is 2.27. The Labute approximate surface area is 177 Å². The van der Waals surface area contributed by atoms with Crippen LogP contribution in [-0.4, -0.2) is 39.5 Å². The molecule has 7 nitrogen and oxygen atoms in total. The van der Waals surface area contributed by atoms with Crippen molar-refractivity contribution in [3.63, 3.8) is 0 Å². The van der Waals surface area contributed by atoms with E-state index >= 15 is 0 Å². The van der Waals surface area contributed by atoms with Gasteiger partial charge in [-0.15, -0.1) is 0 Å². The van der Waals surface area contributed by atoms with E-state index < -0.39 is 11.9 Å². The molecule has 0 bridgehead atoms. The Balaban J connectivity index is 1.36. The molecular formula is C23H20FN3O4. The number of hydrogen-bond acceptors (Lipinski definition) is 4. The van der Waals surface area contributed by atoms with Crippen LogP contribution in [0.3, 0.4) is 0 Å². The normalized spacial score (nSPS) is 20.1. The molecule has 0 radical (unpaired) electrons. The number of nitrogens with zero attached hydrogens (tertiary/aromatic N) is 2. The van der Waals surface area contributed by atoms with Crippen molar-refractivity contribution in [2.75, 3.05) is 0 Å². The molecule has 1 unspecified atom stereocenters. The lowest BCUT2D eigenvalue weighted by molar-refractivity contribution is -0.136. The van der Waals surface area contributed by atoms with Gasteiger partial charge in [0.2, 0.25) is 11.8 Å². The second-order valence-electron chi connectivity index (χ2n) is 8.27. The maximum Gasteiger partial charge on any atom is 0.255 e. The Morgan fingerprint density at radius 1 is 1.06 bits per heavy atom. The van der Waals surface area contributed by atoms with Gasteiger partial charge in [0.1, 0.15) is 11.9 Å². The Kier molecular flexibility index (Phi) is 4.39. The third-order valence-electron chi connectivity index (χ3n) is 6.30. The third kappa shape index (κ3) is 3.10. The zero-order valence-corrected chi connectivity index (χ0v) is 16.9. The number of aryl methyl sites for hydroxylation is 1. The highest BCUT2D eigenvalue weighted by atomic mass is 19.1. The van der Waals surface area contributed by atoms with Crippen molar-refractivity contribution >= 4 is 23.6 Å². The second kappa shape index (κ2) is 7.01. The molecule has 5 rings (SSSR count). The largest absolute Gasteiger partial charge is 0.330 e.